The van der Waals surface area contributed by atoms with Crippen LogP contribution in [0.15, 0.2) is 0 Å². The predicted octanol–water partition coefficient (Wildman–Crippen LogP) is 6.45. The number of piperidine rings is 1. The number of phosphoric ester groups is 1. The maximum Gasteiger partial charge on any atom is 0.472 e. The van der Waals surface area contributed by atoms with Crippen molar-refractivity contribution in [1.29, 1.82) is 0 Å². The second-order valence-corrected chi connectivity index (χ2v) is 10.3. The van der Waals surface area contributed by atoms with E-state index in [4.69, 9.17) is 9.05 Å². The number of quaternary nitrogens is 1. The summed E-state index contributed by atoms with van der Waals surface area (Å²) in [7, 11) is -1.68. The monoisotopic (exact) mass is 420 g/mol. The fourth-order valence-electron chi connectivity index (χ4n) is 4.04. The zero-order chi connectivity index (χ0) is 20.6. The van der Waals surface area contributed by atoms with Crippen molar-refractivity contribution in [3.8, 4) is 0 Å². The average molecular weight is 421 g/mol. The zero-order valence-electron chi connectivity index (χ0n) is 18.7. The fourth-order valence-corrected chi connectivity index (χ4v) is 4.78. The molecule has 6 heteroatoms. The van der Waals surface area contributed by atoms with Gasteiger partial charge in [-0.15, -0.1) is 0 Å². The van der Waals surface area contributed by atoms with Crippen LogP contribution in [-0.2, 0) is 13.6 Å². The molecule has 1 atom stereocenters. The maximum atomic E-state index is 12.0. The fraction of sp³-hybridized carbons (Fsp3) is 1.00. The first-order valence-corrected chi connectivity index (χ1v) is 13.4. The molecule has 0 radical (unpaired) electrons. The summed E-state index contributed by atoms with van der Waals surface area (Å²) in [6, 6.07) is 0. The lowest BCUT2D eigenvalue weighted by Crippen LogP contribution is -2.49. The van der Waals surface area contributed by atoms with Crippen LogP contribution in [0, 0.1) is 0 Å². The topological polar surface area (TPSA) is 55.8 Å². The highest BCUT2D eigenvalue weighted by molar-refractivity contribution is 7.47. The van der Waals surface area contributed by atoms with E-state index >= 15 is 0 Å². The summed E-state index contributed by atoms with van der Waals surface area (Å²) in [6.07, 6.45) is 19.0. The molecule has 0 amide bonds. The van der Waals surface area contributed by atoms with E-state index in [0.717, 1.165) is 37.0 Å². The van der Waals surface area contributed by atoms with Gasteiger partial charge in [0.15, 0.2) is 0 Å². The van der Waals surface area contributed by atoms with Crippen molar-refractivity contribution in [2.75, 3.05) is 39.9 Å². The summed E-state index contributed by atoms with van der Waals surface area (Å²) in [5.41, 5.74) is 0. The maximum absolute atomic E-state index is 12.0. The van der Waals surface area contributed by atoms with Crippen LogP contribution in [0.25, 0.3) is 0 Å². The molecule has 0 aromatic carbocycles. The molecule has 1 saturated heterocycles. The molecule has 1 aliphatic rings. The Morgan fingerprint density at radius 3 is 1.75 bits per heavy atom. The van der Waals surface area contributed by atoms with Crippen molar-refractivity contribution < 1.29 is 23.0 Å². The van der Waals surface area contributed by atoms with Gasteiger partial charge in [-0.1, -0.05) is 77.6 Å². The third-order valence-electron chi connectivity index (χ3n) is 6.03. The van der Waals surface area contributed by atoms with Crippen molar-refractivity contribution in [1.82, 2.24) is 0 Å². The second kappa shape index (κ2) is 15.8. The Kier molecular flexibility index (Phi) is 14.8. The van der Waals surface area contributed by atoms with E-state index in [2.05, 4.69) is 14.0 Å². The zero-order valence-corrected chi connectivity index (χ0v) is 19.6. The molecular formula is C22H47NO4P+. The van der Waals surface area contributed by atoms with Gasteiger partial charge in [0.25, 0.3) is 0 Å². The Balaban J connectivity index is 1.89. The molecule has 5 nitrogen and oxygen atoms in total. The smallest absolute Gasteiger partial charge is 0.324 e. The van der Waals surface area contributed by atoms with Crippen molar-refractivity contribution in [3.63, 3.8) is 0 Å². The van der Waals surface area contributed by atoms with Crippen LogP contribution in [0.1, 0.15) is 103 Å². The molecule has 168 valence electrons. The average Bonchev–Trinajstić information content (AvgIpc) is 2.65. The first-order chi connectivity index (χ1) is 13.5. The minimum atomic E-state index is -3.88. The van der Waals surface area contributed by atoms with E-state index in [-0.39, 0.29) is 0 Å². The van der Waals surface area contributed by atoms with Gasteiger partial charge in [-0.2, -0.15) is 0 Å². The Bertz CT molecular complexity index is 413. The van der Waals surface area contributed by atoms with Gasteiger partial charge in [0.2, 0.25) is 0 Å². The molecule has 1 N–H and O–H groups in total. The van der Waals surface area contributed by atoms with Crippen LogP contribution in [-0.4, -0.2) is 49.3 Å². The molecule has 0 bridgehead atoms. The Hall–Kier alpha value is 0.0700. The van der Waals surface area contributed by atoms with E-state index in [1.807, 2.05) is 0 Å². The van der Waals surface area contributed by atoms with Gasteiger partial charge in [0, 0.05) is 0 Å². The van der Waals surface area contributed by atoms with Crippen molar-refractivity contribution >= 4 is 7.82 Å². The van der Waals surface area contributed by atoms with E-state index in [1.165, 1.54) is 83.5 Å². The summed E-state index contributed by atoms with van der Waals surface area (Å²) < 4.78 is 23.2. The van der Waals surface area contributed by atoms with Crippen molar-refractivity contribution in [2.24, 2.45) is 0 Å². The molecular weight excluding hydrogens is 373 g/mol. The lowest BCUT2D eigenvalue weighted by Gasteiger charge is -2.37. The third kappa shape index (κ3) is 14.1. The number of hydrogen-bond acceptors (Lipinski definition) is 3. The number of phosphoric acid groups is 1. The van der Waals surface area contributed by atoms with Gasteiger partial charge in [0.1, 0.15) is 13.2 Å². The van der Waals surface area contributed by atoms with Crippen LogP contribution in [0.3, 0.4) is 0 Å². The molecule has 1 fully saturated rings. The van der Waals surface area contributed by atoms with Crippen LogP contribution in [0.4, 0.5) is 0 Å². The lowest BCUT2D eigenvalue weighted by atomic mass is 10.1. The minimum Gasteiger partial charge on any atom is -0.324 e. The Morgan fingerprint density at radius 2 is 1.21 bits per heavy atom. The predicted molar refractivity (Wildman–Crippen MR) is 117 cm³/mol. The number of hydrogen-bond donors (Lipinski definition) is 1. The molecule has 0 aromatic heterocycles. The molecule has 0 saturated carbocycles. The third-order valence-corrected chi connectivity index (χ3v) is 7.05. The molecule has 28 heavy (non-hydrogen) atoms. The number of likely N-dealkylation sites (N-methyl/N-ethyl adjacent to an activating group) is 1. The summed E-state index contributed by atoms with van der Waals surface area (Å²) in [5, 5.41) is 0. The molecule has 1 unspecified atom stereocenters. The van der Waals surface area contributed by atoms with Gasteiger partial charge >= 0.3 is 7.82 Å². The van der Waals surface area contributed by atoms with Crippen LogP contribution < -0.4 is 0 Å². The quantitative estimate of drug-likeness (QED) is 0.157. The van der Waals surface area contributed by atoms with Gasteiger partial charge in [0.05, 0.1) is 26.7 Å². The molecule has 1 heterocycles. The highest BCUT2D eigenvalue weighted by Crippen LogP contribution is 2.43. The first kappa shape index (κ1) is 26.1. The summed E-state index contributed by atoms with van der Waals surface area (Å²) >= 11 is 0. The van der Waals surface area contributed by atoms with Crippen molar-refractivity contribution in [3.05, 3.63) is 0 Å². The van der Waals surface area contributed by atoms with Gasteiger partial charge < -0.3 is 9.38 Å². The number of unbranched alkanes of at least 4 members (excludes halogenated alkanes) is 11. The number of rotatable bonds is 18. The number of likely N-dealkylation sites (tertiary alicyclic amines) is 1. The van der Waals surface area contributed by atoms with Crippen LogP contribution in [0.2, 0.25) is 0 Å². The molecule has 1 rings (SSSR count). The second-order valence-electron chi connectivity index (χ2n) is 8.88. The molecule has 0 aromatic rings. The number of nitrogens with zero attached hydrogens (tertiary/aromatic N) is 1. The molecule has 0 aliphatic carbocycles. The van der Waals surface area contributed by atoms with Gasteiger partial charge in [-0.05, 0) is 25.7 Å². The van der Waals surface area contributed by atoms with Crippen LogP contribution in [0.5, 0.6) is 0 Å². The minimum absolute atomic E-state index is 0.294. The highest BCUT2D eigenvalue weighted by Gasteiger charge is 2.27. The molecule has 0 spiro atoms. The Labute approximate surface area is 174 Å². The lowest BCUT2D eigenvalue weighted by molar-refractivity contribution is -0.914. The van der Waals surface area contributed by atoms with E-state index in [0.29, 0.717) is 13.2 Å². The SMILES string of the molecule is CCCCCCCCCCCCCCOP(=O)(O)OCC[N+]1(C)CCCCC1. The first-order valence-electron chi connectivity index (χ1n) is 11.9. The van der Waals surface area contributed by atoms with Crippen LogP contribution >= 0.6 is 7.82 Å². The standard InChI is InChI=1S/C22H46NO4P/c1-3-4-5-6-7-8-9-10-11-12-13-17-21-26-28(24,25)27-22-20-23(2)18-15-14-16-19-23/h3-22H2,1-2H3/p+1. The normalized spacial score (nSPS) is 18.8. The summed E-state index contributed by atoms with van der Waals surface area (Å²) in [5.74, 6) is 0. The van der Waals surface area contributed by atoms with Gasteiger partial charge in [-0.3, -0.25) is 9.05 Å². The van der Waals surface area contributed by atoms with Gasteiger partial charge in [-0.25, -0.2) is 4.57 Å². The summed E-state index contributed by atoms with van der Waals surface area (Å²) in [6.45, 7) is 5.93. The van der Waals surface area contributed by atoms with E-state index < -0.39 is 7.82 Å². The largest absolute Gasteiger partial charge is 0.472 e. The van der Waals surface area contributed by atoms with E-state index in [1.54, 1.807) is 0 Å². The summed E-state index contributed by atoms with van der Waals surface area (Å²) in [4.78, 5) is 9.81. The molecule has 1 aliphatic heterocycles. The van der Waals surface area contributed by atoms with E-state index in [9.17, 15) is 9.46 Å². The Morgan fingerprint density at radius 1 is 0.750 bits per heavy atom. The van der Waals surface area contributed by atoms with Crippen molar-refractivity contribution in [2.45, 2.75) is 103 Å². The highest BCUT2D eigenvalue weighted by atomic mass is 31.2.